The van der Waals surface area contributed by atoms with Gasteiger partial charge in [0.2, 0.25) is 0 Å². The Morgan fingerprint density at radius 2 is 1.71 bits per heavy atom. The van der Waals surface area contributed by atoms with Gasteiger partial charge in [0, 0.05) is 2.74 Å². The first-order chi connectivity index (χ1) is 17.4. The Balaban J connectivity index is 1.60. The average molecular weight is 454 g/mol. The Kier molecular flexibility index (Phi) is 5.77. The maximum absolute atomic E-state index is 12.7. The van der Waals surface area contributed by atoms with E-state index in [-0.39, 0.29) is 5.97 Å². The van der Waals surface area contributed by atoms with Crippen molar-refractivity contribution in [3.05, 3.63) is 95.6 Å². The van der Waals surface area contributed by atoms with E-state index >= 15 is 0 Å². The van der Waals surface area contributed by atoms with Gasteiger partial charge in [-0.2, -0.15) is 0 Å². The molecule has 0 saturated carbocycles. The number of piperidine rings is 1. The molecule has 1 heterocycles. The summed E-state index contributed by atoms with van der Waals surface area (Å²) in [7, 11) is 0. The van der Waals surface area contributed by atoms with Crippen LogP contribution in [0.15, 0.2) is 78.9 Å². The molecule has 0 aliphatic carbocycles. The third kappa shape index (κ3) is 4.62. The first-order valence-corrected chi connectivity index (χ1v) is 11.9. The quantitative estimate of drug-likeness (QED) is 0.327. The Bertz CT molecular complexity index is 1400. The number of benzene rings is 4. The summed E-state index contributed by atoms with van der Waals surface area (Å²) in [5.41, 5.74) is 6.73. The summed E-state index contributed by atoms with van der Waals surface area (Å²) < 4.78 is 22.7. The first-order valence-electron chi connectivity index (χ1n) is 13.0. The molecular formula is C31H31NO2. The van der Waals surface area contributed by atoms with Crippen LogP contribution in [0.3, 0.4) is 0 Å². The normalized spacial score (nSPS) is 21.1. The molecule has 0 spiro atoms. The molecule has 4 aromatic carbocycles. The van der Waals surface area contributed by atoms with Gasteiger partial charge in [-0.1, -0.05) is 66.2 Å². The summed E-state index contributed by atoms with van der Waals surface area (Å²) in [5, 5.41) is 5.23. The number of carbonyl (C=O) groups is 1. The van der Waals surface area contributed by atoms with E-state index in [1.165, 1.54) is 5.56 Å². The SMILES string of the molecule is [3H]C1CNCCC1([3H])c1ccc(-c2cc(C(=O)OCC)cc3cc(-c4ccc(C)cc4)ccc23)cc1. The highest BCUT2D eigenvalue weighted by molar-refractivity contribution is 6.04. The number of hydrogen-bond donors (Lipinski definition) is 1. The van der Waals surface area contributed by atoms with Crippen LogP contribution in [0.4, 0.5) is 0 Å². The van der Waals surface area contributed by atoms with Gasteiger partial charge >= 0.3 is 5.97 Å². The summed E-state index contributed by atoms with van der Waals surface area (Å²) in [5.74, 6) is -1.25. The predicted octanol–water partition coefficient (Wildman–Crippen LogP) is 7.13. The molecule has 4 aromatic rings. The van der Waals surface area contributed by atoms with Crippen molar-refractivity contribution in [3.63, 3.8) is 0 Å². The molecule has 3 nitrogen and oxygen atoms in total. The molecule has 0 radical (unpaired) electrons. The highest BCUT2D eigenvalue weighted by Gasteiger charge is 2.17. The van der Waals surface area contributed by atoms with Crippen molar-refractivity contribution in [2.75, 3.05) is 19.7 Å². The lowest BCUT2D eigenvalue weighted by molar-refractivity contribution is 0.0526. The number of fused-ring (bicyclic) bond motifs is 1. The molecule has 1 N–H and O–H groups in total. The molecular weight excluding hydrogens is 418 g/mol. The molecule has 0 amide bonds. The summed E-state index contributed by atoms with van der Waals surface area (Å²) in [6.45, 7) is 5.48. The Hall–Kier alpha value is -3.43. The van der Waals surface area contributed by atoms with E-state index in [0.29, 0.717) is 25.1 Å². The van der Waals surface area contributed by atoms with E-state index in [4.69, 9.17) is 7.48 Å². The molecule has 3 heteroatoms. The number of hydrogen-bond acceptors (Lipinski definition) is 3. The molecule has 0 bridgehead atoms. The Morgan fingerprint density at radius 3 is 2.44 bits per heavy atom. The number of ether oxygens (including phenoxy) is 1. The Morgan fingerprint density at radius 1 is 0.971 bits per heavy atom. The minimum Gasteiger partial charge on any atom is -0.462 e. The van der Waals surface area contributed by atoms with Gasteiger partial charge < -0.3 is 10.1 Å². The maximum atomic E-state index is 12.7. The van der Waals surface area contributed by atoms with Crippen LogP contribution in [0, 0.1) is 6.92 Å². The topological polar surface area (TPSA) is 38.3 Å². The fraction of sp³-hybridized carbons (Fsp3) is 0.258. The fourth-order valence-electron chi connectivity index (χ4n) is 4.62. The number of aryl methyl sites for hydroxylation is 1. The third-order valence-electron chi connectivity index (χ3n) is 6.48. The fourth-order valence-corrected chi connectivity index (χ4v) is 4.62. The highest BCUT2D eigenvalue weighted by atomic mass is 16.5. The minimum absolute atomic E-state index is 0.318. The predicted molar refractivity (Wildman–Crippen MR) is 140 cm³/mol. The number of esters is 1. The van der Waals surface area contributed by atoms with Crippen LogP contribution in [0.2, 0.25) is 0 Å². The van der Waals surface area contributed by atoms with E-state index in [2.05, 4.69) is 54.7 Å². The van der Waals surface area contributed by atoms with Gasteiger partial charge in [-0.05, 0) is 102 Å². The first kappa shape index (κ1) is 20.0. The van der Waals surface area contributed by atoms with Crippen molar-refractivity contribution in [1.29, 1.82) is 0 Å². The lowest BCUT2D eigenvalue weighted by Gasteiger charge is -2.23. The van der Waals surface area contributed by atoms with Gasteiger partial charge in [0.25, 0.3) is 0 Å². The minimum atomic E-state index is -0.915. The standard InChI is InChI=1S/C31H31NO2/c1-3-34-31(33)28-19-27-18-26(23-6-4-21(2)5-7-23)12-13-29(27)30(20-28)25-10-8-22(9-11-25)24-14-16-32-17-15-24/h4-13,18-20,24,32H,3,14-17H2,1-2H3/i14T,24T. The van der Waals surface area contributed by atoms with Crippen LogP contribution in [-0.4, -0.2) is 25.7 Å². The molecule has 5 rings (SSSR count). The molecule has 34 heavy (non-hydrogen) atoms. The molecule has 1 aliphatic rings. The molecule has 172 valence electrons. The monoisotopic (exact) mass is 453 g/mol. The molecule has 2 unspecified atom stereocenters. The van der Waals surface area contributed by atoms with Crippen LogP contribution in [0.1, 0.15) is 49.9 Å². The van der Waals surface area contributed by atoms with Crippen LogP contribution in [-0.2, 0) is 4.74 Å². The van der Waals surface area contributed by atoms with Crippen molar-refractivity contribution in [2.45, 2.75) is 32.6 Å². The maximum Gasteiger partial charge on any atom is 0.338 e. The van der Waals surface area contributed by atoms with Crippen molar-refractivity contribution in [1.82, 2.24) is 5.32 Å². The van der Waals surface area contributed by atoms with E-state index in [1.807, 2.05) is 43.3 Å². The van der Waals surface area contributed by atoms with Crippen LogP contribution in [0.25, 0.3) is 33.0 Å². The molecule has 2 atom stereocenters. The lowest BCUT2D eigenvalue weighted by Crippen LogP contribution is -2.26. The highest BCUT2D eigenvalue weighted by Crippen LogP contribution is 2.35. The average Bonchev–Trinajstić information content (AvgIpc) is 2.90. The summed E-state index contributed by atoms with van der Waals surface area (Å²) in [6.07, 6.45) is 0.106. The molecule has 1 aliphatic heterocycles. The van der Waals surface area contributed by atoms with E-state index < -0.39 is 12.3 Å². The second kappa shape index (κ2) is 9.82. The second-order valence-electron chi connectivity index (χ2n) is 8.81. The number of rotatable bonds is 5. The zero-order valence-corrected chi connectivity index (χ0v) is 19.7. The summed E-state index contributed by atoms with van der Waals surface area (Å²) >= 11 is 0. The van der Waals surface area contributed by atoms with Gasteiger partial charge in [0.1, 0.15) is 0 Å². The summed E-state index contributed by atoms with van der Waals surface area (Å²) in [4.78, 5) is 12.7. The second-order valence-corrected chi connectivity index (χ2v) is 8.81. The van der Waals surface area contributed by atoms with Crippen LogP contribution in [0.5, 0.6) is 0 Å². The van der Waals surface area contributed by atoms with Gasteiger partial charge in [0.15, 0.2) is 0 Å². The van der Waals surface area contributed by atoms with Gasteiger partial charge in [0.05, 0.1) is 12.2 Å². The summed E-state index contributed by atoms with van der Waals surface area (Å²) in [6, 6.07) is 26.6. The van der Waals surface area contributed by atoms with Crippen molar-refractivity contribution >= 4 is 16.7 Å². The molecule has 0 aromatic heterocycles. The van der Waals surface area contributed by atoms with Crippen LogP contribution < -0.4 is 5.32 Å². The number of nitrogens with one attached hydrogen (secondary N) is 1. The Labute approximate surface area is 204 Å². The van der Waals surface area contributed by atoms with Gasteiger partial charge in [-0.15, -0.1) is 0 Å². The lowest BCUT2D eigenvalue weighted by atomic mass is 9.88. The third-order valence-corrected chi connectivity index (χ3v) is 6.48. The van der Waals surface area contributed by atoms with Crippen LogP contribution >= 0.6 is 0 Å². The molecule has 1 saturated heterocycles. The zero-order valence-electron chi connectivity index (χ0n) is 21.7. The van der Waals surface area contributed by atoms with Crippen molar-refractivity contribution in [2.24, 2.45) is 0 Å². The van der Waals surface area contributed by atoms with E-state index in [0.717, 1.165) is 45.1 Å². The largest absolute Gasteiger partial charge is 0.462 e. The zero-order chi connectivity index (χ0) is 25.3. The molecule has 1 fully saturated rings. The van der Waals surface area contributed by atoms with Crippen molar-refractivity contribution in [3.8, 4) is 22.3 Å². The smallest absolute Gasteiger partial charge is 0.338 e. The van der Waals surface area contributed by atoms with Gasteiger partial charge in [-0.3, -0.25) is 0 Å². The van der Waals surface area contributed by atoms with Crippen molar-refractivity contribution < 1.29 is 12.3 Å². The van der Waals surface area contributed by atoms with E-state index in [9.17, 15) is 4.79 Å². The van der Waals surface area contributed by atoms with E-state index in [1.54, 1.807) is 0 Å². The van der Waals surface area contributed by atoms with Gasteiger partial charge in [-0.25, -0.2) is 4.79 Å². The number of carbonyl (C=O) groups excluding carboxylic acids is 1.